The van der Waals surface area contributed by atoms with Gasteiger partial charge < -0.3 is 0 Å². The Morgan fingerprint density at radius 1 is 0.593 bits per heavy atom. The lowest BCUT2D eigenvalue weighted by Crippen LogP contribution is -2.20. The number of hydrazone groups is 2. The van der Waals surface area contributed by atoms with Crippen LogP contribution in [0.1, 0.15) is 109 Å². The van der Waals surface area contributed by atoms with E-state index in [1.165, 1.54) is 38.5 Å². The summed E-state index contributed by atoms with van der Waals surface area (Å²) in [5.74, 6) is 0.0450. The number of hydrogen-bond acceptors (Lipinski definition) is 4. The van der Waals surface area contributed by atoms with Gasteiger partial charge in [-0.05, 0) is 64.2 Å². The second-order valence-corrected chi connectivity index (χ2v) is 7.82. The maximum absolute atomic E-state index is 11.8. The molecule has 0 atom stereocenters. The first-order valence-corrected chi connectivity index (χ1v) is 10.9. The van der Waals surface area contributed by atoms with E-state index < -0.39 is 0 Å². The molecule has 2 N–H and O–H groups in total. The minimum atomic E-state index is 0.0225. The highest BCUT2D eigenvalue weighted by molar-refractivity contribution is 5.87. The number of amides is 2. The van der Waals surface area contributed by atoms with Gasteiger partial charge in [0.1, 0.15) is 0 Å². The van der Waals surface area contributed by atoms with Crippen molar-refractivity contribution in [1.29, 1.82) is 0 Å². The highest BCUT2D eigenvalue weighted by Gasteiger charge is 2.08. The maximum Gasteiger partial charge on any atom is 0.240 e. The number of carbonyl (C=O) groups is 2. The molecule has 0 aromatic heterocycles. The van der Waals surface area contributed by atoms with Crippen LogP contribution in [-0.2, 0) is 9.59 Å². The highest BCUT2D eigenvalue weighted by atomic mass is 16.2. The average Bonchev–Trinajstić information content (AvgIpc) is 2.71. The molecule has 2 rings (SSSR count). The molecule has 2 fully saturated rings. The molecule has 152 valence electrons. The summed E-state index contributed by atoms with van der Waals surface area (Å²) in [5, 5.41) is 8.49. The van der Waals surface area contributed by atoms with Crippen LogP contribution in [0.2, 0.25) is 0 Å². The zero-order chi connectivity index (χ0) is 19.2. The van der Waals surface area contributed by atoms with E-state index in [9.17, 15) is 9.59 Å². The van der Waals surface area contributed by atoms with Crippen molar-refractivity contribution in [1.82, 2.24) is 10.9 Å². The van der Waals surface area contributed by atoms with Crippen molar-refractivity contribution in [2.45, 2.75) is 109 Å². The average molecular weight is 377 g/mol. The number of unbranched alkanes of at least 4 members (excludes halogenated alkanes) is 4. The molecule has 0 saturated heterocycles. The second-order valence-electron chi connectivity index (χ2n) is 7.82. The summed E-state index contributed by atoms with van der Waals surface area (Å²) in [6.45, 7) is 0. The van der Waals surface area contributed by atoms with Crippen molar-refractivity contribution < 1.29 is 9.59 Å². The molecule has 0 bridgehead atoms. The maximum atomic E-state index is 11.8. The van der Waals surface area contributed by atoms with Crippen LogP contribution in [0, 0.1) is 0 Å². The van der Waals surface area contributed by atoms with Crippen LogP contribution in [0.5, 0.6) is 0 Å². The number of rotatable bonds is 10. The molecular weight excluding hydrogens is 340 g/mol. The van der Waals surface area contributed by atoms with E-state index in [1.807, 2.05) is 0 Å². The lowest BCUT2D eigenvalue weighted by Gasteiger charge is -2.12. The molecule has 6 nitrogen and oxygen atoms in total. The largest absolute Gasteiger partial charge is 0.273 e. The fourth-order valence-electron chi connectivity index (χ4n) is 3.64. The van der Waals surface area contributed by atoms with Crippen LogP contribution in [-0.4, -0.2) is 23.2 Å². The van der Waals surface area contributed by atoms with Crippen LogP contribution in [0.15, 0.2) is 10.2 Å². The third-order valence-corrected chi connectivity index (χ3v) is 5.35. The zero-order valence-electron chi connectivity index (χ0n) is 16.7. The van der Waals surface area contributed by atoms with Gasteiger partial charge in [-0.3, -0.25) is 9.59 Å². The molecule has 0 unspecified atom stereocenters. The van der Waals surface area contributed by atoms with Gasteiger partial charge in [-0.25, -0.2) is 10.9 Å². The standard InChI is InChI=1S/C21H36N4O2/c26-20(24-22-18-12-6-4-7-13-18)16-10-2-1-3-11-17-21(27)25-23-19-14-8-5-9-15-19/h1-17H2,(H,24,26)(H,25,27). The molecule has 0 radical (unpaired) electrons. The van der Waals surface area contributed by atoms with E-state index in [0.29, 0.717) is 12.8 Å². The van der Waals surface area contributed by atoms with Gasteiger partial charge in [0, 0.05) is 24.3 Å². The molecule has 0 spiro atoms. The smallest absolute Gasteiger partial charge is 0.240 e. The van der Waals surface area contributed by atoms with Crippen molar-refractivity contribution in [3.63, 3.8) is 0 Å². The van der Waals surface area contributed by atoms with Gasteiger partial charge in [-0.1, -0.05) is 32.1 Å². The fourth-order valence-corrected chi connectivity index (χ4v) is 3.64. The van der Waals surface area contributed by atoms with Gasteiger partial charge in [0.25, 0.3) is 0 Å². The number of nitrogens with one attached hydrogen (secondary N) is 2. The third kappa shape index (κ3) is 10.3. The van der Waals surface area contributed by atoms with Crippen molar-refractivity contribution in [3.8, 4) is 0 Å². The van der Waals surface area contributed by atoms with E-state index >= 15 is 0 Å². The molecule has 2 saturated carbocycles. The molecule has 27 heavy (non-hydrogen) atoms. The van der Waals surface area contributed by atoms with E-state index in [1.54, 1.807) is 0 Å². The number of nitrogens with zero attached hydrogens (tertiary/aromatic N) is 2. The Hall–Kier alpha value is -1.72. The minimum absolute atomic E-state index is 0.0225. The second kappa shape index (κ2) is 13.4. The molecule has 0 aromatic rings. The minimum Gasteiger partial charge on any atom is -0.273 e. The Kier molecular flexibility index (Phi) is 10.7. The van der Waals surface area contributed by atoms with Crippen molar-refractivity contribution in [2.24, 2.45) is 10.2 Å². The van der Waals surface area contributed by atoms with E-state index in [0.717, 1.165) is 69.2 Å². The topological polar surface area (TPSA) is 82.9 Å². The highest BCUT2D eigenvalue weighted by Crippen LogP contribution is 2.15. The van der Waals surface area contributed by atoms with E-state index in [2.05, 4.69) is 21.1 Å². The van der Waals surface area contributed by atoms with Gasteiger partial charge in [-0.15, -0.1) is 0 Å². The summed E-state index contributed by atoms with van der Waals surface area (Å²) in [5.41, 5.74) is 7.67. The summed E-state index contributed by atoms with van der Waals surface area (Å²) in [6, 6.07) is 0. The summed E-state index contributed by atoms with van der Waals surface area (Å²) in [6.07, 6.45) is 17.4. The third-order valence-electron chi connectivity index (χ3n) is 5.35. The first-order chi connectivity index (χ1) is 13.2. The summed E-state index contributed by atoms with van der Waals surface area (Å²) >= 11 is 0. The Labute approximate surface area is 163 Å². The quantitative estimate of drug-likeness (QED) is 0.432. The van der Waals surface area contributed by atoms with Crippen molar-refractivity contribution in [2.75, 3.05) is 0 Å². The number of hydrogen-bond donors (Lipinski definition) is 2. The van der Waals surface area contributed by atoms with Crippen LogP contribution in [0.25, 0.3) is 0 Å². The van der Waals surface area contributed by atoms with Crippen LogP contribution in [0.4, 0.5) is 0 Å². The van der Waals surface area contributed by atoms with Gasteiger partial charge in [0.2, 0.25) is 11.8 Å². The van der Waals surface area contributed by atoms with E-state index in [4.69, 9.17) is 0 Å². The molecule has 0 heterocycles. The normalized spacial score (nSPS) is 17.3. The van der Waals surface area contributed by atoms with Gasteiger partial charge in [-0.2, -0.15) is 10.2 Å². The Morgan fingerprint density at radius 2 is 0.963 bits per heavy atom. The zero-order valence-corrected chi connectivity index (χ0v) is 16.7. The first-order valence-electron chi connectivity index (χ1n) is 10.9. The van der Waals surface area contributed by atoms with Crippen LogP contribution >= 0.6 is 0 Å². The summed E-state index contributed by atoms with van der Waals surface area (Å²) < 4.78 is 0. The van der Waals surface area contributed by atoms with Gasteiger partial charge >= 0.3 is 0 Å². The molecule has 2 aliphatic rings. The fraction of sp³-hybridized carbons (Fsp3) is 0.810. The predicted octanol–water partition coefficient (Wildman–Crippen LogP) is 4.59. The van der Waals surface area contributed by atoms with Crippen molar-refractivity contribution in [3.05, 3.63) is 0 Å². The molecular formula is C21H36N4O2. The van der Waals surface area contributed by atoms with Crippen molar-refractivity contribution >= 4 is 23.2 Å². The molecule has 0 aliphatic heterocycles. The predicted molar refractivity (Wildman–Crippen MR) is 110 cm³/mol. The first kappa shape index (κ1) is 21.6. The molecule has 0 aromatic carbocycles. The lowest BCUT2D eigenvalue weighted by atomic mass is 9.99. The van der Waals surface area contributed by atoms with Gasteiger partial charge in [0.15, 0.2) is 0 Å². The summed E-state index contributed by atoms with van der Waals surface area (Å²) in [7, 11) is 0. The lowest BCUT2D eigenvalue weighted by molar-refractivity contribution is -0.121. The Morgan fingerprint density at radius 3 is 1.37 bits per heavy atom. The molecule has 2 aliphatic carbocycles. The summed E-state index contributed by atoms with van der Waals surface area (Å²) in [4.78, 5) is 23.6. The Bertz CT molecular complexity index is 466. The van der Waals surface area contributed by atoms with E-state index in [-0.39, 0.29) is 11.8 Å². The number of carbonyl (C=O) groups excluding carboxylic acids is 2. The SMILES string of the molecule is O=C(CCCCCCCC(=O)NN=C1CCCCC1)NN=C1CCCCC1. The van der Waals surface area contributed by atoms with Crippen LogP contribution in [0.3, 0.4) is 0 Å². The Balaban J connectivity index is 1.41. The molecule has 2 amide bonds. The van der Waals surface area contributed by atoms with Gasteiger partial charge in [0.05, 0.1) is 0 Å². The monoisotopic (exact) mass is 376 g/mol. The van der Waals surface area contributed by atoms with Crippen LogP contribution < -0.4 is 10.9 Å². The molecule has 6 heteroatoms.